The molecule has 4 bridgehead atoms. The van der Waals surface area contributed by atoms with Gasteiger partial charge in [-0.05, 0) is 141 Å². The lowest BCUT2D eigenvalue weighted by molar-refractivity contribution is -0.870. The zero-order valence-corrected chi connectivity index (χ0v) is 52.7. The highest BCUT2D eigenvalue weighted by molar-refractivity contribution is 7.22. The summed E-state index contributed by atoms with van der Waals surface area (Å²) in [5, 5.41) is 64.1. The molecule has 6 aliphatic rings. The first-order valence-corrected chi connectivity index (χ1v) is 31.7. The Kier molecular flexibility index (Phi) is 18.0. The highest BCUT2D eigenvalue weighted by Crippen LogP contribution is 2.72. The fraction of sp³-hybridized carbons (Fsp3) is 0.530. The normalized spacial score (nSPS) is 26.3. The molecule has 2 unspecified atom stereocenters. The summed E-state index contributed by atoms with van der Waals surface area (Å²) in [6.07, 6.45) is 0.792. The number of hydrogen-bond acceptors (Lipinski definition) is 17. The number of nitrogens with zero attached hydrogens (tertiary/aromatic N) is 7. The quantitative estimate of drug-likeness (QED) is 0.0226. The van der Waals surface area contributed by atoms with Crippen LogP contribution in [0.4, 0.5) is 15.7 Å². The summed E-state index contributed by atoms with van der Waals surface area (Å²) in [6, 6.07) is 22.5. The number of para-hydroxylation sites is 1. The molecule has 23 heteroatoms. The number of quaternary nitrogens is 1. The fourth-order valence-electron chi connectivity index (χ4n) is 15.6. The number of anilines is 2. The number of aromatic nitrogens is 4. The van der Waals surface area contributed by atoms with Crippen LogP contribution in [-0.4, -0.2) is 182 Å². The Morgan fingerprint density at radius 3 is 2.37 bits per heavy atom. The van der Waals surface area contributed by atoms with Crippen molar-refractivity contribution >= 4 is 56.4 Å². The van der Waals surface area contributed by atoms with Gasteiger partial charge in [-0.2, -0.15) is 5.10 Å². The van der Waals surface area contributed by atoms with Crippen LogP contribution in [0.15, 0.2) is 79.0 Å². The van der Waals surface area contributed by atoms with Gasteiger partial charge >= 0.3 is 18.0 Å². The summed E-state index contributed by atoms with van der Waals surface area (Å²) < 4.78 is 28.3. The molecule has 7 N–H and O–H groups in total. The number of benzene rings is 3. The third-order valence-electron chi connectivity index (χ3n) is 18.7. The lowest BCUT2D eigenvalue weighted by atomic mass is 9.39. The van der Waals surface area contributed by atoms with E-state index in [0.29, 0.717) is 65.7 Å². The molecule has 2 amide bonds. The summed E-state index contributed by atoms with van der Waals surface area (Å²) in [4.78, 5) is 65.5. The standard InChI is InChI=1S/C66H83N9O13S/c1-40-46(44-20-21-51(70-52(44)58(80)81)73-25-22-42-14-10-15-45(47(42)31-73)57(79)71-61-69-48-16-8-9-17-50(48)89-61)30-68-74(40)39-65-34-63(2)33-64(3,35-65)37-66(36-63,38-65)86-28-26-72(4)62(84)85-32-43-19-18-41(13-11-23-67-24-12-27-75(5,6)7)29-49(43)87-60-55(78)53(76)54(77)56(88-60)59(82)83/h8-10,14-21,29-30,53-56,60,67,76-78H,11-13,22-28,31-39H2,1-7H3,(H2-,69,71,79,80,81,82,83)/p+1/t53-,54-,55+,56-,60+,63?,64?,65?,66?/m0/s1. The number of amides is 2. The topological polar surface area (TPSA) is 280 Å². The van der Waals surface area contributed by atoms with Gasteiger partial charge in [0, 0.05) is 74.1 Å². The predicted octanol–water partition coefficient (Wildman–Crippen LogP) is 7.67. The first-order chi connectivity index (χ1) is 42.3. The third kappa shape index (κ3) is 14.0. The number of nitrogens with one attached hydrogen (secondary N) is 2. The van der Waals surface area contributed by atoms with E-state index in [1.807, 2.05) is 77.2 Å². The van der Waals surface area contributed by atoms with Crippen LogP contribution in [0.2, 0.25) is 0 Å². The van der Waals surface area contributed by atoms with Crippen molar-refractivity contribution in [1.29, 1.82) is 0 Å². The van der Waals surface area contributed by atoms with Crippen molar-refractivity contribution in [3.8, 4) is 16.9 Å². The number of likely N-dealkylation sites (N-methyl/N-ethyl adjacent to an activating group) is 1. The second kappa shape index (κ2) is 25.3. The van der Waals surface area contributed by atoms with Crippen LogP contribution < -0.4 is 20.3 Å². The number of aromatic carboxylic acids is 1. The molecule has 6 aromatic rings. The predicted molar refractivity (Wildman–Crippen MR) is 334 cm³/mol. The van der Waals surface area contributed by atoms with Gasteiger partial charge in [0.05, 0.1) is 56.3 Å². The molecule has 4 saturated carbocycles. The van der Waals surface area contributed by atoms with Gasteiger partial charge in [-0.25, -0.2) is 24.4 Å². The summed E-state index contributed by atoms with van der Waals surface area (Å²) in [5.74, 6) is -2.29. The number of fused-ring (bicyclic) bond motifs is 2. The second-order valence-electron chi connectivity index (χ2n) is 27.4. The van der Waals surface area contributed by atoms with E-state index in [9.17, 15) is 44.7 Å². The van der Waals surface area contributed by atoms with Gasteiger partial charge in [-0.1, -0.05) is 61.6 Å². The maximum absolute atomic E-state index is 13.8. The minimum atomic E-state index is -1.89. The van der Waals surface area contributed by atoms with E-state index in [4.69, 9.17) is 29.0 Å². The van der Waals surface area contributed by atoms with E-state index in [0.717, 1.165) is 108 Å². The number of carbonyl (C=O) groups is 4. The van der Waals surface area contributed by atoms with Crippen molar-refractivity contribution in [3.63, 3.8) is 0 Å². The van der Waals surface area contributed by atoms with Gasteiger partial charge in [0.1, 0.15) is 36.5 Å². The molecular weight excluding hydrogens is 1160 g/mol. The minimum Gasteiger partial charge on any atom is -0.479 e. The molecule has 12 rings (SSSR count). The molecule has 7 atom stereocenters. The molecule has 3 aromatic heterocycles. The molecular formula is C66H84N9O13S+. The number of thiazole rings is 1. The smallest absolute Gasteiger partial charge is 0.409 e. The van der Waals surface area contributed by atoms with E-state index in [1.54, 1.807) is 25.4 Å². The number of pyridine rings is 1. The summed E-state index contributed by atoms with van der Waals surface area (Å²) in [5.41, 5.74) is 5.82. The molecule has 5 fully saturated rings. The van der Waals surface area contributed by atoms with E-state index < -0.39 is 54.3 Å². The number of ether oxygens (including phenoxy) is 4. The number of aliphatic carboxylic acids is 1. The van der Waals surface area contributed by atoms with Crippen LogP contribution in [0.25, 0.3) is 21.3 Å². The Morgan fingerprint density at radius 1 is 0.865 bits per heavy atom. The van der Waals surface area contributed by atoms with Gasteiger partial charge in [0.15, 0.2) is 16.9 Å². The van der Waals surface area contributed by atoms with Crippen molar-refractivity contribution in [1.82, 2.24) is 30.0 Å². The number of carboxylic acids is 2. The Bertz CT molecular complexity index is 3570. The molecule has 2 aliphatic heterocycles. The largest absolute Gasteiger partial charge is 0.479 e. The van der Waals surface area contributed by atoms with Crippen LogP contribution in [-0.2, 0) is 51.5 Å². The maximum atomic E-state index is 13.8. The molecule has 0 radical (unpaired) electrons. The molecule has 476 valence electrons. The third-order valence-corrected chi connectivity index (χ3v) is 19.6. The summed E-state index contributed by atoms with van der Waals surface area (Å²) >= 11 is 1.42. The van der Waals surface area contributed by atoms with Crippen LogP contribution >= 0.6 is 11.3 Å². The number of hydrogen-bond donors (Lipinski definition) is 7. The van der Waals surface area contributed by atoms with Crippen molar-refractivity contribution in [2.24, 2.45) is 16.2 Å². The molecule has 89 heavy (non-hydrogen) atoms. The average molecular weight is 1240 g/mol. The minimum absolute atomic E-state index is 0.00682. The van der Waals surface area contributed by atoms with E-state index in [-0.39, 0.29) is 53.4 Å². The Balaban J connectivity index is 0.729. The Labute approximate surface area is 522 Å². The molecule has 4 aliphatic carbocycles. The van der Waals surface area contributed by atoms with Crippen LogP contribution in [0, 0.1) is 23.2 Å². The number of aliphatic hydroxyl groups excluding tert-OH is 3. The van der Waals surface area contributed by atoms with Gasteiger partial charge in [-0.3, -0.25) is 14.8 Å². The zero-order valence-electron chi connectivity index (χ0n) is 51.9. The van der Waals surface area contributed by atoms with Crippen LogP contribution in [0.3, 0.4) is 0 Å². The van der Waals surface area contributed by atoms with Crippen LogP contribution in [0.1, 0.15) is 114 Å². The van der Waals surface area contributed by atoms with Gasteiger partial charge in [0.25, 0.3) is 5.91 Å². The molecule has 3 aromatic carbocycles. The zero-order chi connectivity index (χ0) is 63.2. The lowest BCUT2D eigenvalue weighted by Gasteiger charge is -2.69. The highest BCUT2D eigenvalue weighted by atomic mass is 32.1. The van der Waals surface area contributed by atoms with E-state index >= 15 is 0 Å². The van der Waals surface area contributed by atoms with Crippen molar-refractivity contribution < 1.29 is 68.1 Å². The molecule has 0 spiro atoms. The molecule has 22 nitrogen and oxygen atoms in total. The number of rotatable bonds is 24. The number of carbonyl (C=O) groups excluding carboxylic acids is 2. The fourth-order valence-corrected chi connectivity index (χ4v) is 16.5. The second-order valence-corrected chi connectivity index (χ2v) is 28.5. The molecule has 5 heterocycles. The van der Waals surface area contributed by atoms with Gasteiger partial charge in [0.2, 0.25) is 6.29 Å². The monoisotopic (exact) mass is 1240 g/mol. The Morgan fingerprint density at radius 2 is 1.63 bits per heavy atom. The van der Waals surface area contributed by atoms with E-state index in [1.165, 1.54) is 16.2 Å². The first kappa shape index (κ1) is 63.5. The number of carboxylic acid groups (broad SMARTS) is 2. The van der Waals surface area contributed by atoms with Crippen molar-refractivity contribution in [2.45, 2.75) is 141 Å². The maximum Gasteiger partial charge on any atom is 0.409 e. The van der Waals surface area contributed by atoms with Gasteiger partial charge < -0.3 is 64.1 Å². The first-order valence-electron chi connectivity index (χ1n) is 30.8. The average Bonchev–Trinajstić information content (AvgIpc) is 0.786. The van der Waals surface area contributed by atoms with Gasteiger partial charge in [-0.15, -0.1) is 0 Å². The van der Waals surface area contributed by atoms with Crippen LogP contribution in [0.5, 0.6) is 5.75 Å². The number of aliphatic hydroxyl groups is 3. The highest BCUT2D eigenvalue weighted by Gasteiger charge is 2.66. The van der Waals surface area contributed by atoms with Crippen molar-refractivity contribution in [3.05, 3.63) is 118 Å². The lowest BCUT2D eigenvalue weighted by Crippen LogP contribution is -2.64. The number of aryl methyl sites for hydroxylation is 1. The SMILES string of the molecule is Cc1c(-c2ccc(N3CCc4cccc(C(=O)Nc5nc6ccccc6s5)c4C3)nc2C(=O)O)cnn1CC12CC3(C)CC(C)(C1)CC(OCCN(C)C(=O)OCc1ccc(CCCNCCC[N+](C)(C)C)cc1O[C@@H]1O[C@H](C(=O)O)[C@@H](O)[C@H](O)[C@H]1O)(C3)C2. The Hall–Kier alpha value is -7.09. The van der Waals surface area contributed by atoms with Crippen molar-refractivity contribution in [2.75, 3.05) is 77.7 Å². The summed E-state index contributed by atoms with van der Waals surface area (Å²) in [7, 11) is 8.13. The van der Waals surface area contributed by atoms with E-state index in [2.05, 4.69) is 50.6 Å². The summed E-state index contributed by atoms with van der Waals surface area (Å²) in [6.45, 7) is 11.2. The molecule has 1 saturated heterocycles.